The van der Waals surface area contributed by atoms with E-state index in [1.54, 1.807) is 0 Å². The van der Waals surface area contributed by atoms with Crippen molar-refractivity contribution < 1.29 is 8.83 Å². The first-order valence-electron chi connectivity index (χ1n) is 17.4. The van der Waals surface area contributed by atoms with E-state index >= 15 is 0 Å². The van der Waals surface area contributed by atoms with Gasteiger partial charge in [-0.05, 0) is 75.8 Å². The van der Waals surface area contributed by atoms with Gasteiger partial charge in [0.2, 0.25) is 0 Å². The molecule has 0 saturated heterocycles. The fourth-order valence-electron chi connectivity index (χ4n) is 7.80. The summed E-state index contributed by atoms with van der Waals surface area (Å²) in [6.07, 6.45) is 3.31. The predicted molar refractivity (Wildman–Crippen MR) is 211 cm³/mol. The summed E-state index contributed by atoms with van der Waals surface area (Å²) in [7, 11) is 0. The van der Waals surface area contributed by atoms with Crippen LogP contribution in [0.5, 0.6) is 0 Å². The van der Waals surface area contributed by atoms with Gasteiger partial charge in [-0.2, -0.15) is 0 Å². The van der Waals surface area contributed by atoms with Gasteiger partial charge in [-0.3, -0.25) is 4.98 Å². The Bertz CT molecular complexity index is 3120. The summed E-state index contributed by atoms with van der Waals surface area (Å²) < 4.78 is 12.8. The summed E-state index contributed by atoms with van der Waals surface area (Å²) in [5, 5.41) is 12.5. The number of para-hydroxylation sites is 1. The van der Waals surface area contributed by atoms with E-state index in [4.69, 9.17) is 18.8 Å². The number of rotatable bonds is 4. The number of aromatic nitrogens is 1. The van der Waals surface area contributed by atoms with Crippen LogP contribution in [0.2, 0.25) is 0 Å². The van der Waals surface area contributed by atoms with Gasteiger partial charge in [-0.15, -0.1) is 0 Å². The Morgan fingerprint density at radius 2 is 1.27 bits per heavy atom. The van der Waals surface area contributed by atoms with Gasteiger partial charge in [0.15, 0.2) is 5.84 Å². The summed E-state index contributed by atoms with van der Waals surface area (Å²) >= 11 is 0. The zero-order valence-electron chi connectivity index (χ0n) is 27.7. The number of fused-ring (bicyclic) bond motifs is 8. The zero-order valence-corrected chi connectivity index (χ0v) is 27.7. The van der Waals surface area contributed by atoms with Gasteiger partial charge in [-0.25, -0.2) is 9.98 Å². The molecule has 3 aromatic heterocycles. The van der Waals surface area contributed by atoms with Crippen LogP contribution in [0.15, 0.2) is 177 Å². The van der Waals surface area contributed by atoms with E-state index in [1.165, 1.54) is 0 Å². The van der Waals surface area contributed by atoms with Gasteiger partial charge in [0.1, 0.15) is 34.3 Å². The minimum Gasteiger partial charge on any atom is -0.456 e. The van der Waals surface area contributed by atoms with Crippen LogP contribution in [-0.2, 0) is 0 Å². The van der Waals surface area contributed by atoms with E-state index in [1.807, 2.05) is 73.1 Å². The molecule has 52 heavy (non-hydrogen) atoms. The number of pyridine rings is 1. The van der Waals surface area contributed by atoms with Crippen LogP contribution in [-0.4, -0.2) is 16.7 Å². The predicted octanol–water partition coefficient (Wildman–Crippen LogP) is 11.3. The van der Waals surface area contributed by atoms with Crippen LogP contribution < -0.4 is 5.32 Å². The topological polar surface area (TPSA) is 75.9 Å². The summed E-state index contributed by atoms with van der Waals surface area (Å²) in [5.74, 6) is 1.42. The highest BCUT2D eigenvalue weighted by Gasteiger charge is 2.25. The van der Waals surface area contributed by atoms with Crippen LogP contribution in [0.4, 0.5) is 0 Å². The lowest BCUT2D eigenvalue weighted by Crippen LogP contribution is -2.33. The van der Waals surface area contributed by atoms with Gasteiger partial charge >= 0.3 is 0 Å². The lowest BCUT2D eigenvalue weighted by Gasteiger charge is -2.25. The number of nitrogens with zero attached hydrogens (tertiary/aromatic N) is 3. The van der Waals surface area contributed by atoms with Crippen LogP contribution in [0.25, 0.3) is 76.5 Å². The number of furan rings is 2. The van der Waals surface area contributed by atoms with Crippen molar-refractivity contribution in [1.29, 1.82) is 0 Å². The maximum atomic E-state index is 6.48. The second-order valence-corrected chi connectivity index (χ2v) is 13.2. The first-order valence-corrected chi connectivity index (χ1v) is 17.4. The highest BCUT2D eigenvalue weighted by Crippen LogP contribution is 2.42. The molecule has 0 radical (unpaired) electrons. The molecule has 0 amide bonds. The third-order valence-corrected chi connectivity index (χ3v) is 10.2. The Labute approximate surface area is 297 Å². The lowest BCUT2D eigenvalue weighted by molar-refractivity contribution is 0.662. The molecular weight excluding hydrogens is 641 g/mol. The van der Waals surface area contributed by atoms with Crippen molar-refractivity contribution in [2.75, 3.05) is 0 Å². The highest BCUT2D eigenvalue weighted by atomic mass is 16.3. The molecule has 4 heterocycles. The molecule has 0 fully saturated rings. The van der Waals surface area contributed by atoms with Crippen molar-refractivity contribution >= 4 is 77.1 Å². The zero-order chi connectivity index (χ0) is 34.2. The minimum atomic E-state index is -0.411. The van der Waals surface area contributed by atoms with Gasteiger partial charge in [0.05, 0.1) is 0 Å². The first-order chi connectivity index (χ1) is 25.7. The maximum Gasteiger partial charge on any atom is 0.159 e. The van der Waals surface area contributed by atoms with Gasteiger partial charge in [0, 0.05) is 56.0 Å². The molecule has 1 aliphatic heterocycles. The van der Waals surface area contributed by atoms with Crippen molar-refractivity contribution in [3.05, 3.63) is 175 Å². The Morgan fingerprint density at radius 3 is 2.19 bits per heavy atom. The van der Waals surface area contributed by atoms with Gasteiger partial charge < -0.3 is 14.2 Å². The molecule has 0 bridgehead atoms. The minimum absolute atomic E-state index is 0.411. The molecule has 1 N–H and O–H groups in total. The third kappa shape index (κ3) is 4.48. The molecule has 0 spiro atoms. The average molecular weight is 669 g/mol. The second kappa shape index (κ2) is 11.2. The Morgan fingerprint density at radius 1 is 0.500 bits per heavy atom. The third-order valence-electron chi connectivity index (χ3n) is 10.2. The molecule has 1 unspecified atom stereocenters. The molecule has 6 heteroatoms. The van der Waals surface area contributed by atoms with Crippen LogP contribution in [0.1, 0.15) is 22.9 Å². The monoisotopic (exact) mass is 668 g/mol. The number of nitrogens with one attached hydrogen (secondary N) is 1. The van der Waals surface area contributed by atoms with E-state index in [0.29, 0.717) is 5.84 Å². The Kier molecular flexibility index (Phi) is 6.21. The van der Waals surface area contributed by atoms with E-state index < -0.39 is 6.17 Å². The fourth-order valence-corrected chi connectivity index (χ4v) is 7.80. The lowest BCUT2D eigenvalue weighted by atomic mass is 9.92. The van der Waals surface area contributed by atoms with Gasteiger partial charge in [-0.1, -0.05) is 97.1 Å². The molecular formula is C46H28N4O2. The van der Waals surface area contributed by atoms with E-state index in [9.17, 15) is 0 Å². The molecule has 7 aromatic carbocycles. The van der Waals surface area contributed by atoms with E-state index in [-0.39, 0.29) is 0 Å². The number of benzene rings is 7. The molecule has 244 valence electrons. The molecule has 1 atom stereocenters. The van der Waals surface area contributed by atoms with Crippen molar-refractivity contribution in [1.82, 2.24) is 10.3 Å². The Hall–Kier alpha value is -7.05. The molecule has 10 aromatic rings. The van der Waals surface area contributed by atoms with Crippen LogP contribution >= 0.6 is 0 Å². The highest BCUT2D eigenvalue weighted by molar-refractivity contribution is 6.20. The number of amidine groups is 2. The summed E-state index contributed by atoms with van der Waals surface area (Å²) in [5.41, 5.74) is 8.52. The summed E-state index contributed by atoms with van der Waals surface area (Å²) in [6.45, 7) is 0. The Balaban J connectivity index is 1.13. The molecule has 11 rings (SSSR count). The largest absolute Gasteiger partial charge is 0.456 e. The standard InChI is InChI=1S/C46H28N4O2/c1-2-10-27(11-3-1)44-48-45(50-46(49-44)35-16-9-19-40-43(35)34-14-6-7-17-38(34)51-40)30-22-29-12-4-5-13-32(29)36(24-30)33-15-8-18-39-42(33)37-23-28-20-21-47-26-31(28)25-41(37)52-39/h1-26,46H,(H,48,49,50). The second-order valence-electron chi connectivity index (χ2n) is 13.2. The first kappa shape index (κ1) is 28.8. The van der Waals surface area contributed by atoms with Crippen molar-refractivity contribution in [3.8, 4) is 11.1 Å². The molecule has 6 nitrogen and oxygen atoms in total. The summed E-state index contributed by atoms with van der Waals surface area (Å²) in [6, 6.07) is 50.3. The smallest absolute Gasteiger partial charge is 0.159 e. The normalized spacial score (nSPS) is 14.7. The SMILES string of the molecule is c1ccc(C2=NC(c3cccc4oc5ccccc5c34)NC(c3cc(-c4cccc5oc6cc7cnccc7cc6c45)c4ccccc4c3)=N2)cc1. The van der Waals surface area contributed by atoms with E-state index in [2.05, 4.69) is 95.2 Å². The number of aliphatic imine (C=N–C) groups is 2. The molecule has 0 aliphatic carbocycles. The van der Waals surface area contributed by atoms with E-state index in [0.717, 1.165) is 99.1 Å². The van der Waals surface area contributed by atoms with Crippen molar-refractivity contribution in [3.63, 3.8) is 0 Å². The summed E-state index contributed by atoms with van der Waals surface area (Å²) in [4.78, 5) is 14.8. The van der Waals surface area contributed by atoms with Crippen LogP contribution in [0.3, 0.4) is 0 Å². The molecule has 0 saturated carbocycles. The number of hydrogen-bond donors (Lipinski definition) is 1. The quantitative estimate of drug-likeness (QED) is 0.202. The van der Waals surface area contributed by atoms with Gasteiger partial charge in [0.25, 0.3) is 0 Å². The van der Waals surface area contributed by atoms with Crippen molar-refractivity contribution in [2.45, 2.75) is 6.17 Å². The van der Waals surface area contributed by atoms with Crippen LogP contribution in [0, 0.1) is 0 Å². The van der Waals surface area contributed by atoms with Crippen molar-refractivity contribution in [2.24, 2.45) is 9.98 Å². The average Bonchev–Trinajstić information content (AvgIpc) is 3.78. The molecule has 1 aliphatic rings. The number of hydrogen-bond acceptors (Lipinski definition) is 6. The fraction of sp³-hybridized carbons (Fsp3) is 0.0217. The maximum absolute atomic E-state index is 6.48.